The smallest absolute Gasteiger partial charge is 0.340 e. The van der Waals surface area contributed by atoms with Gasteiger partial charge in [0.2, 0.25) is 0 Å². The molecule has 0 aliphatic rings. The molecule has 0 spiro atoms. The Morgan fingerprint density at radius 1 is 1.10 bits per heavy atom. The highest BCUT2D eigenvalue weighted by Crippen LogP contribution is 2.29. The van der Waals surface area contributed by atoms with Crippen LogP contribution in [-0.4, -0.2) is 32.3 Å². The Balaban J connectivity index is 1.72. The molecule has 0 aliphatic carbocycles. The Labute approximate surface area is 179 Å². The second-order valence-corrected chi connectivity index (χ2v) is 7.80. The summed E-state index contributed by atoms with van der Waals surface area (Å²) in [7, 11) is 0. The molecule has 4 rings (SSSR count). The van der Waals surface area contributed by atoms with Crippen LogP contribution >= 0.6 is 11.8 Å². The lowest BCUT2D eigenvalue weighted by molar-refractivity contribution is 0.0524. The van der Waals surface area contributed by atoms with E-state index >= 15 is 0 Å². The fourth-order valence-corrected chi connectivity index (χ4v) is 4.34. The molecular formula is C23H22N4O2S. The number of hydrogen-bond donors (Lipinski definition) is 0. The zero-order valence-electron chi connectivity index (χ0n) is 17.1. The third kappa shape index (κ3) is 3.80. The van der Waals surface area contributed by atoms with Gasteiger partial charge in [0, 0.05) is 11.1 Å². The van der Waals surface area contributed by atoms with Crippen molar-refractivity contribution in [1.82, 2.24) is 19.7 Å². The number of aryl methyl sites for hydroxylation is 2. The minimum Gasteiger partial charge on any atom is -0.462 e. The summed E-state index contributed by atoms with van der Waals surface area (Å²) >= 11 is 1.50. The van der Waals surface area contributed by atoms with Crippen molar-refractivity contribution in [3.63, 3.8) is 0 Å². The minimum atomic E-state index is -0.343. The highest BCUT2D eigenvalue weighted by molar-refractivity contribution is 7.98. The van der Waals surface area contributed by atoms with Crippen molar-refractivity contribution in [2.45, 2.75) is 31.7 Å². The van der Waals surface area contributed by atoms with Crippen LogP contribution in [0, 0.1) is 13.8 Å². The number of carbonyl (C=O) groups excluding carboxylic acids is 1. The molecule has 6 nitrogen and oxygen atoms in total. The van der Waals surface area contributed by atoms with Crippen molar-refractivity contribution in [3.8, 4) is 5.69 Å². The highest BCUT2D eigenvalue weighted by Gasteiger charge is 2.21. The number of carbonyl (C=O) groups is 1. The van der Waals surface area contributed by atoms with E-state index in [0.29, 0.717) is 23.6 Å². The van der Waals surface area contributed by atoms with Gasteiger partial charge in [0.1, 0.15) is 6.33 Å². The second-order valence-electron chi connectivity index (χ2n) is 6.85. The summed E-state index contributed by atoms with van der Waals surface area (Å²) in [4.78, 5) is 17.5. The Kier molecular flexibility index (Phi) is 5.81. The maximum absolute atomic E-state index is 12.7. The Morgan fingerprint density at radius 3 is 2.67 bits per heavy atom. The molecule has 0 bridgehead atoms. The van der Waals surface area contributed by atoms with Gasteiger partial charge in [-0.25, -0.2) is 4.79 Å². The SMILES string of the molecule is CCOC(=O)c1c(CSc2nncn2-c2ccccc2C)nc2ccccc2c1C. The van der Waals surface area contributed by atoms with E-state index in [9.17, 15) is 4.79 Å². The molecule has 0 radical (unpaired) electrons. The predicted molar refractivity (Wildman–Crippen MR) is 118 cm³/mol. The Hall–Kier alpha value is -3.19. The van der Waals surface area contributed by atoms with E-state index in [1.165, 1.54) is 11.8 Å². The summed E-state index contributed by atoms with van der Waals surface area (Å²) < 4.78 is 7.28. The molecule has 0 N–H and O–H groups in total. The number of pyridine rings is 1. The largest absolute Gasteiger partial charge is 0.462 e. The van der Waals surface area contributed by atoms with E-state index in [1.807, 2.05) is 54.0 Å². The topological polar surface area (TPSA) is 69.9 Å². The van der Waals surface area contributed by atoms with Gasteiger partial charge in [-0.3, -0.25) is 9.55 Å². The third-order valence-corrected chi connectivity index (χ3v) is 5.89. The van der Waals surface area contributed by atoms with Crippen molar-refractivity contribution >= 4 is 28.6 Å². The lowest BCUT2D eigenvalue weighted by atomic mass is 10.0. The van der Waals surface area contributed by atoms with Crippen molar-refractivity contribution in [2.75, 3.05) is 6.61 Å². The standard InChI is InChI=1S/C23H22N4O2S/c1-4-29-22(28)21-16(3)17-10-6-7-11-18(17)25-19(21)13-30-23-26-24-14-27(23)20-12-8-5-9-15(20)2/h5-12,14H,4,13H2,1-3H3. The van der Waals surface area contributed by atoms with Crippen LogP contribution in [0.4, 0.5) is 0 Å². The maximum atomic E-state index is 12.7. The number of ether oxygens (including phenoxy) is 1. The number of aromatic nitrogens is 4. The number of rotatable bonds is 6. The van der Waals surface area contributed by atoms with Gasteiger partial charge in [0.05, 0.1) is 29.1 Å². The molecule has 0 fully saturated rings. The normalized spacial score (nSPS) is 11.0. The molecule has 7 heteroatoms. The zero-order chi connectivity index (χ0) is 21.1. The number of hydrogen-bond acceptors (Lipinski definition) is 6. The number of para-hydroxylation sites is 2. The van der Waals surface area contributed by atoms with Crippen LogP contribution in [0.3, 0.4) is 0 Å². The molecule has 4 aromatic rings. The van der Waals surface area contributed by atoms with Gasteiger partial charge >= 0.3 is 5.97 Å². The zero-order valence-corrected chi connectivity index (χ0v) is 17.9. The molecule has 30 heavy (non-hydrogen) atoms. The van der Waals surface area contributed by atoms with E-state index in [-0.39, 0.29) is 5.97 Å². The van der Waals surface area contributed by atoms with Crippen molar-refractivity contribution in [2.24, 2.45) is 0 Å². The van der Waals surface area contributed by atoms with Gasteiger partial charge < -0.3 is 4.74 Å². The van der Waals surface area contributed by atoms with Crippen LogP contribution in [0.15, 0.2) is 60.0 Å². The van der Waals surface area contributed by atoms with Gasteiger partial charge in [-0.1, -0.05) is 48.2 Å². The molecule has 0 amide bonds. The summed E-state index contributed by atoms with van der Waals surface area (Å²) in [5, 5.41) is 10.1. The molecule has 2 heterocycles. The highest BCUT2D eigenvalue weighted by atomic mass is 32.2. The van der Waals surface area contributed by atoms with Gasteiger partial charge in [0.25, 0.3) is 0 Å². The Morgan fingerprint density at radius 2 is 1.87 bits per heavy atom. The summed E-state index contributed by atoms with van der Waals surface area (Å²) in [5.74, 6) is 0.133. The van der Waals surface area contributed by atoms with Gasteiger partial charge in [-0.05, 0) is 44.0 Å². The van der Waals surface area contributed by atoms with Crippen LogP contribution in [0.2, 0.25) is 0 Å². The van der Waals surface area contributed by atoms with Gasteiger partial charge in [-0.2, -0.15) is 0 Å². The average Bonchev–Trinajstić information content (AvgIpc) is 3.21. The van der Waals surface area contributed by atoms with E-state index < -0.39 is 0 Å². The lowest BCUT2D eigenvalue weighted by Gasteiger charge is -2.14. The fourth-order valence-electron chi connectivity index (χ4n) is 3.47. The molecule has 2 aromatic heterocycles. The average molecular weight is 419 g/mol. The maximum Gasteiger partial charge on any atom is 0.340 e. The van der Waals surface area contributed by atoms with Crippen LogP contribution in [0.1, 0.15) is 34.1 Å². The molecule has 0 saturated heterocycles. The minimum absolute atomic E-state index is 0.319. The molecule has 0 unspecified atom stereocenters. The summed E-state index contributed by atoms with van der Waals surface area (Å²) in [6, 6.07) is 15.9. The first kappa shape index (κ1) is 20.1. The summed E-state index contributed by atoms with van der Waals surface area (Å²) in [6.45, 7) is 6.12. The molecule has 2 aromatic carbocycles. The number of thioether (sulfide) groups is 1. The lowest BCUT2D eigenvalue weighted by Crippen LogP contribution is -2.12. The molecule has 0 saturated carbocycles. The van der Waals surface area contributed by atoms with Crippen LogP contribution in [-0.2, 0) is 10.5 Å². The summed E-state index contributed by atoms with van der Waals surface area (Å²) in [5.41, 5.74) is 5.12. The quantitative estimate of drug-likeness (QED) is 0.328. The number of esters is 1. The third-order valence-electron chi connectivity index (χ3n) is 4.94. The van der Waals surface area contributed by atoms with E-state index in [2.05, 4.69) is 23.2 Å². The number of nitrogens with zero attached hydrogens (tertiary/aromatic N) is 4. The first-order valence-electron chi connectivity index (χ1n) is 9.74. The first-order chi connectivity index (χ1) is 14.6. The first-order valence-corrected chi connectivity index (χ1v) is 10.7. The number of fused-ring (bicyclic) bond motifs is 1. The second kappa shape index (κ2) is 8.67. The van der Waals surface area contributed by atoms with Crippen LogP contribution in [0.25, 0.3) is 16.6 Å². The van der Waals surface area contributed by atoms with Gasteiger partial charge in [-0.15, -0.1) is 10.2 Å². The molecular weight excluding hydrogens is 396 g/mol. The van der Waals surface area contributed by atoms with E-state index in [4.69, 9.17) is 9.72 Å². The molecule has 0 aliphatic heterocycles. The Bertz CT molecular complexity index is 1220. The monoisotopic (exact) mass is 418 g/mol. The van der Waals surface area contributed by atoms with Crippen LogP contribution < -0.4 is 0 Å². The predicted octanol–water partition coefficient (Wildman–Crippen LogP) is 4.90. The number of benzene rings is 2. The summed E-state index contributed by atoms with van der Waals surface area (Å²) in [6.07, 6.45) is 1.70. The van der Waals surface area contributed by atoms with Crippen molar-refractivity contribution in [1.29, 1.82) is 0 Å². The molecule has 152 valence electrons. The van der Waals surface area contributed by atoms with Crippen molar-refractivity contribution < 1.29 is 9.53 Å². The van der Waals surface area contributed by atoms with Crippen molar-refractivity contribution in [3.05, 3.63) is 77.2 Å². The van der Waals surface area contributed by atoms with E-state index in [1.54, 1.807) is 13.3 Å². The van der Waals surface area contributed by atoms with Crippen LogP contribution in [0.5, 0.6) is 0 Å². The molecule has 0 atom stereocenters. The van der Waals surface area contributed by atoms with E-state index in [0.717, 1.165) is 32.9 Å². The van der Waals surface area contributed by atoms with Gasteiger partial charge in [0.15, 0.2) is 5.16 Å². The fraction of sp³-hybridized carbons (Fsp3) is 0.217.